The molecule has 0 saturated carbocycles. The molecule has 1 unspecified atom stereocenters. The number of ether oxygens (including phenoxy) is 3. The molecule has 1 saturated heterocycles. The molecule has 1 fully saturated rings. The van der Waals surface area contributed by atoms with Crippen molar-refractivity contribution in [1.82, 2.24) is 5.32 Å². The van der Waals surface area contributed by atoms with E-state index in [0.29, 0.717) is 19.3 Å². The summed E-state index contributed by atoms with van der Waals surface area (Å²) in [6.07, 6.45) is 41.3. The average molecular weight is 1050 g/mol. The number of esters is 2. The van der Waals surface area contributed by atoms with Crippen molar-refractivity contribution in [2.75, 3.05) is 6.61 Å². The lowest BCUT2D eigenvalue weighted by Gasteiger charge is -2.43. The van der Waals surface area contributed by atoms with Crippen LogP contribution in [0.3, 0.4) is 0 Å². The molecule has 72 heavy (non-hydrogen) atoms. The quantitative estimate of drug-likeness (QED) is 0.0256. The summed E-state index contributed by atoms with van der Waals surface area (Å²) < 4.78 is 55.7. The highest BCUT2D eigenvalue weighted by Gasteiger charge is 2.50. The lowest BCUT2D eigenvalue weighted by molar-refractivity contribution is -0.254. The van der Waals surface area contributed by atoms with Crippen LogP contribution in [0.15, 0.2) is 0 Å². The number of nitrogens with one attached hydrogen (secondary N) is 1. The molecule has 13 nitrogen and oxygen atoms in total. The number of carbonyl (C=O) groups excluding carboxylic acids is 3. The minimum atomic E-state index is -5.16. The zero-order valence-corrected chi connectivity index (χ0v) is 47.2. The molecule has 426 valence electrons. The molecular formula is C58H111NO12S. The van der Waals surface area contributed by atoms with Gasteiger partial charge in [-0.15, -0.1) is 0 Å². The minimum absolute atomic E-state index is 0.00881. The molecule has 6 atom stereocenters. The Morgan fingerprint density at radius 2 is 0.833 bits per heavy atom. The van der Waals surface area contributed by atoms with Gasteiger partial charge in [0.05, 0.1) is 13.0 Å². The van der Waals surface area contributed by atoms with Gasteiger partial charge in [0.2, 0.25) is 5.91 Å². The standard InChI is InChI=1S/C58H111NO12S/c1-4-7-10-13-16-19-21-23-25-27-29-31-34-37-40-43-46-53(62)68-50(45-42-39-36-33-18-15-12-9-6-3)48-52(61)59-55-57(56(71-72(65,66)67)51(49-60)69-58(55)64)70-54(63)47-44-41-38-35-32-30-28-26-24-22-20-17-14-11-8-5-2/h50-51,55-58,60,64H,4-49H2,1-3H3,(H,59,61)(H,65,66,67)/t50-,51-,55-,56-,57-,58?/m1/s1. The van der Waals surface area contributed by atoms with Crippen molar-refractivity contribution in [3.63, 3.8) is 0 Å². The second-order valence-electron chi connectivity index (χ2n) is 21.3. The predicted octanol–water partition coefficient (Wildman–Crippen LogP) is 14.8. The van der Waals surface area contributed by atoms with Crippen LogP contribution in [0.25, 0.3) is 0 Å². The van der Waals surface area contributed by atoms with Gasteiger partial charge < -0.3 is 29.7 Å². The number of aliphatic hydroxyl groups is 2. The van der Waals surface area contributed by atoms with Gasteiger partial charge >= 0.3 is 22.3 Å². The summed E-state index contributed by atoms with van der Waals surface area (Å²) in [7, 11) is -5.16. The van der Waals surface area contributed by atoms with E-state index >= 15 is 0 Å². The van der Waals surface area contributed by atoms with E-state index in [-0.39, 0.29) is 25.2 Å². The molecule has 0 aromatic rings. The number of rotatable bonds is 52. The zero-order chi connectivity index (χ0) is 52.8. The van der Waals surface area contributed by atoms with E-state index in [4.69, 9.17) is 18.4 Å². The maximum atomic E-state index is 13.8. The number of unbranched alkanes of at least 4 members (excludes halogenated alkanes) is 38. The highest BCUT2D eigenvalue weighted by atomic mass is 32.3. The topological polar surface area (TPSA) is 195 Å². The maximum absolute atomic E-state index is 13.8. The first-order valence-electron chi connectivity index (χ1n) is 30.2. The van der Waals surface area contributed by atoms with Crippen LogP contribution in [0.5, 0.6) is 0 Å². The fraction of sp³-hybridized carbons (Fsp3) is 0.948. The van der Waals surface area contributed by atoms with Gasteiger partial charge in [-0.1, -0.05) is 265 Å². The number of amides is 1. The second kappa shape index (κ2) is 47.6. The monoisotopic (exact) mass is 1050 g/mol. The minimum Gasteiger partial charge on any atom is -0.462 e. The Balaban J connectivity index is 2.73. The molecule has 14 heteroatoms. The van der Waals surface area contributed by atoms with E-state index in [9.17, 15) is 37.6 Å². The van der Waals surface area contributed by atoms with Crippen LogP contribution in [0.2, 0.25) is 0 Å². The fourth-order valence-electron chi connectivity index (χ4n) is 10.0. The van der Waals surface area contributed by atoms with Gasteiger partial charge in [-0.3, -0.25) is 18.9 Å². The Hall–Kier alpha value is -1.84. The van der Waals surface area contributed by atoms with E-state index in [0.717, 1.165) is 70.6 Å². The lowest BCUT2D eigenvalue weighted by atomic mass is 9.96. The van der Waals surface area contributed by atoms with E-state index in [1.807, 2.05) is 0 Å². The van der Waals surface area contributed by atoms with E-state index in [2.05, 4.69) is 26.1 Å². The molecule has 0 radical (unpaired) electrons. The van der Waals surface area contributed by atoms with E-state index < -0.39 is 65.6 Å². The zero-order valence-electron chi connectivity index (χ0n) is 46.4. The molecule has 0 bridgehead atoms. The Labute approximate surface area is 440 Å². The van der Waals surface area contributed by atoms with Crippen LogP contribution in [0, 0.1) is 0 Å². The van der Waals surface area contributed by atoms with Crippen LogP contribution in [0.1, 0.15) is 310 Å². The van der Waals surface area contributed by atoms with Crippen molar-refractivity contribution in [3.8, 4) is 0 Å². The first kappa shape index (κ1) is 68.2. The van der Waals surface area contributed by atoms with E-state index in [1.165, 1.54) is 180 Å². The largest absolute Gasteiger partial charge is 0.462 e. The number of aliphatic hydroxyl groups excluding tert-OH is 2. The molecule has 0 aliphatic carbocycles. The smallest absolute Gasteiger partial charge is 0.397 e. The van der Waals surface area contributed by atoms with Gasteiger partial charge in [0.15, 0.2) is 12.4 Å². The Kier molecular flexibility index (Phi) is 45.1. The van der Waals surface area contributed by atoms with Crippen LogP contribution in [0.4, 0.5) is 0 Å². The summed E-state index contributed by atoms with van der Waals surface area (Å²) in [5.74, 6) is -1.74. The molecule has 1 heterocycles. The Morgan fingerprint density at radius 1 is 0.500 bits per heavy atom. The lowest BCUT2D eigenvalue weighted by Crippen LogP contribution is -2.66. The van der Waals surface area contributed by atoms with Crippen molar-refractivity contribution in [1.29, 1.82) is 0 Å². The summed E-state index contributed by atoms with van der Waals surface area (Å²) >= 11 is 0. The highest BCUT2D eigenvalue weighted by molar-refractivity contribution is 7.80. The van der Waals surface area contributed by atoms with Crippen LogP contribution in [-0.2, 0) is 43.2 Å². The molecule has 4 N–H and O–H groups in total. The third kappa shape index (κ3) is 39.6. The Bertz CT molecular complexity index is 1380. The van der Waals surface area contributed by atoms with Crippen molar-refractivity contribution < 1.29 is 56.0 Å². The van der Waals surface area contributed by atoms with Crippen molar-refractivity contribution >= 4 is 28.2 Å². The van der Waals surface area contributed by atoms with Crippen LogP contribution >= 0.6 is 0 Å². The highest BCUT2D eigenvalue weighted by Crippen LogP contribution is 2.28. The first-order chi connectivity index (χ1) is 34.9. The predicted molar refractivity (Wildman–Crippen MR) is 291 cm³/mol. The van der Waals surface area contributed by atoms with Gasteiger partial charge in [-0.05, 0) is 25.7 Å². The van der Waals surface area contributed by atoms with E-state index in [1.54, 1.807) is 0 Å². The summed E-state index contributed by atoms with van der Waals surface area (Å²) in [6, 6.07) is -1.53. The maximum Gasteiger partial charge on any atom is 0.397 e. The van der Waals surface area contributed by atoms with Gasteiger partial charge in [-0.25, -0.2) is 4.18 Å². The number of hydrogen-bond acceptors (Lipinski definition) is 11. The van der Waals surface area contributed by atoms with Gasteiger partial charge in [-0.2, -0.15) is 8.42 Å². The summed E-state index contributed by atoms with van der Waals surface area (Å²) in [6.45, 7) is 5.86. The first-order valence-corrected chi connectivity index (χ1v) is 31.6. The molecule has 0 aromatic carbocycles. The van der Waals surface area contributed by atoms with Crippen LogP contribution < -0.4 is 5.32 Å². The van der Waals surface area contributed by atoms with Crippen molar-refractivity contribution in [2.45, 2.75) is 346 Å². The molecule has 1 aliphatic rings. The third-order valence-electron chi connectivity index (χ3n) is 14.5. The SMILES string of the molecule is CCCCCCCCCCCCCCCCCCC(=O)O[C@H](CCCCCCCCCCC)CC(=O)N[C@H]1C(O)O[C@H](CO)[C@@H](OS(=O)(=O)O)[C@@H]1OC(=O)CCCCCCCCCCCCCCCCCC. The average Bonchev–Trinajstić information content (AvgIpc) is 3.34. The van der Waals surface area contributed by atoms with Crippen LogP contribution in [-0.4, -0.2) is 84.4 Å². The molecule has 1 aliphatic heterocycles. The van der Waals surface area contributed by atoms with Crippen molar-refractivity contribution in [2.24, 2.45) is 0 Å². The number of carbonyl (C=O) groups is 3. The summed E-state index contributed by atoms with van der Waals surface area (Å²) in [5, 5.41) is 23.8. The van der Waals surface area contributed by atoms with Gasteiger partial charge in [0.1, 0.15) is 24.4 Å². The molecule has 1 rings (SSSR count). The third-order valence-corrected chi connectivity index (χ3v) is 14.9. The molecule has 0 spiro atoms. The summed E-state index contributed by atoms with van der Waals surface area (Å²) in [4.78, 5) is 40.2. The van der Waals surface area contributed by atoms with Crippen molar-refractivity contribution in [3.05, 3.63) is 0 Å². The normalized spacial score (nSPS) is 18.6. The molecule has 0 aromatic heterocycles. The fourth-order valence-corrected chi connectivity index (χ4v) is 10.6. The van der Waals surface area contributed by atoms with Gasteiger partial charge in [0.25, 0.3) is 0 Å². The second-order valence-corrected chi connectivity index (χ2v) is 22.4. The Morgan fingerprint density at radius 3 is 1.18 bits per heavy atom. The van der Waals surface area contributed by atoms with Gasteiger partial charge in [0, 0.05) is 12.8 Å². The summed E-state index contributed by atoms with van der Waals surface area (Å²) in [5.41, 5.74) is 0. The number of hydrogen-bond donors (Lipinski definition) is 4. The molecular weight excluding hydrogens is 935 g/mol. The molecule has 1 amide bonds.